The zero-order valence-electron chi connectivity index (χ0n) is 10.7. The van der Waals surface area contributed by atoms with Gasteiger partial charge in [0.25, 0.3) is 0 Å². The fourth-order valence-corrected chi connectivity index (χ4v) is 2.89. The van der Waals surface area contributed by atoms with Crippen molar-refractivity contribution in [2.45, 2.75) is 45.3 Å². The Kier molecular flexibility index (Phi) is 4.22. The third kappa shape index (κ3) is 4.04. The van der Waals surface area contributed by atoms with Gasteiger partial charge < -0.3 is 15.3 Å². The minimum absolute atomic E-state index is 0.196. The van der Waals surface area contributed by atoms with Crippen LogP contribution in [-0.4, -0.2) is 48.3 Å². The van der Waals surface area contributed by atoms with E-state index in [-0.39, 0.29) is 6.10 Å². The molecule has 16 heavy (non-hydrogen) atoms. The molecule has 2 rings (SSSR count). The summed E-state index contributed by atoms with van der Waals surface area (Å²) in [6, 6.07) is 0.703. The van der Waals surface area contributed by atoms with Crippen molar-refractivity contribution in [1.29, 1.82) is 0 Å². The monoisotopic (exact) mass is 226 g/mol. The molecule has 3 heteroatoms. The predicted molar refractivity (Wildman–Crippen MR) is 66.4 cm³/mol. The van der Waals surface area contributed by atoms with Gasteiger partial charge in [0.1, 0.15) is 0 Å². The topological polar surface area (TPSA) is 35.5 Å². The second-order valence-electron chi connectivity index (χ2n) is 6.00. The third-order valence-electron chi connectivity index (χ3n) is 3.63. The van der Waals surface area contributed by atoms with Gasteiger partial charge in [-0.1, -0.05) is 13.8 Å². The molecular formula is C13H26N2O. The molecule has 94 valence electrons. The molecule has 1 heterocycles. The molecule has 2 N–H and O–H groups in total. The van der Waals surface area contributed by atoms with Crippen molar-refractivity contribution in [3.05, 3.63) is 0 Å². The van der Waals surface area contributed by atoms with E-state index in [1.165, 1.54) is 19.3 Å². The normalized spacial score (nSPS) is 33.9. The summed E-state index contributed by atoms with van der Waals surface area (Å²) in [5, 5.41) is 13.3. The molecule has 2 fully saturated rings. The van der Waals surface area contributed by atoms with E-state index >= 15 is 0 Å². The Morgan fingerprint density at radius 2 is 1.88 bits per heavy atom. The molecule has 3 atom stereocenters. The molecule has 1 aliphatic carbocycles. The standard InChI is InChI=1S/C13H26N2O/c1-10-5-11(2)8-15(7-10)9-13(16)6-14-12-3-4-12/h10-14,16H,3-9H2,1-2H3/t10-,11-,13+/m1/s1. The SMILES string of the molecule is C[C@@H]1C[C@@H](C)CN(C[C@@H](O)CNC2CC2)C1. The smallest absolute Gasteiger partial charge is 0.0791 e. The van der Waals surface area contributed by atoms with Crippen LogP contribution in [0, 0.1) is 11.8 Å². The Morgan fingerprint density at radius 1 is 1.25 bits per heavy atom. The van der Waals surface area contributed by atoms with Crippen molar-refractivity contribution in [3.8, 4) is 0 Å². The first-order valence-corrected chi connectivity index (χ1v) is 6.77. The fraction of sp³-hybridized carbons (Fsp3) is 1.00. The Hall–Kier alpha value is -0.120. The van der Waals surface area contributed by atoms with Gasteiger partial charge in [0.05, 0.1) is 6.10 Å². The first-order valence-electron chi connectivity index (χ1n) is 6.77. The fourth-order valence-electron chi connectivity index (χ4n) is 2.89. The number of hydrogen-bond acceptors (Lipinski definition) is 3. The van der Waals surface area contributed by atoms with Gasteiger partial charge in [0, 0.05) is 32.2 Å². The summed E-state index contributed by atoms with van der Waals surface area (Å²) in [5.41, 5.74) is 0. The highest BCUT2D eigenvalue weighted by molar-refractivity contribution is 4.83. The highest BCUT2D eigenvalue weighted by atomic mass is 16.3. The lowest BCUT2D eigenvalue weighted by Crippen LogP contribution is -2.45. The Balaban J connectivity index is 1.66. The molecule has 0 amide bonds. The lowest BCUT2D eigenvalue weighted by Gasteiger charge is -2.36. The molecule has 0 radical (unpaired) electrons. The van der Waals surface area contributed by atoms with Crippen molar-refractivity contribution in [3.63, 3.8) is 0 Å². The molecule has 1 saturated heterocycles. The van der Waals surface area contributed by atoms with Crippen molar-refractivity contribution < 1.29 is 5.11 Å². The average Bonchev–Trinajstić information content (AvgIpc) is 2.96. The second-order valence-corrected chi connectivity index (χ2v) is 6.00. The maximum Gasteiger partial charge on any atom is 0.0791 e. The number of nitrogens with zero attached hydrogens (tertiary/aromatic N) is 1. The van der Waals surface area contributed by atoms with Crippen LogP contribution in [0.1, 0.15) is 33.1 Å². The maximum absolute atomic E-state index is 9.95. The van der Waals surface area contributed by atoms with Gasteiger partial charge in [-0.2, -0.15) is 0 Å². The number of aliphatic hydroxyl groups excluding tert-OH is 1. The highest BCUT2D eigenvalue weighted by Crippen LogP contribution is 2.21. The minimum Gasteiger partial charge on any atom is -0.390 e. The van der Waals surface area contributed by atoms with E-state index in [1.807, 2.05) is 0 Å². The first-order chi connectivity index (χ1) is 7.63. The third-order valence-corrected chi connectivity index (χ3v) is 3.63. The van der Waals surface area contributed by atoms with Gasteiger partial charge in [-0.05, 0) is 31.1 Å². The zero-order valence-corrected chi connectivity index (χ0v) is 10.7. The molecule has 0 aromatic heterocycles. The van der Waals surface area contributed by atoms with E-state index in [4.69, 9.17) is 0 Å². The Bertz CT molecular complexity index is 208. The molecular weight excluding hydrogens is 200 g/mol. The Labute approximate surface area is 99.2 Å². The van der Waals surface area contributed by atoms with Gasteiger partial charge >= 0.3 is 0 Å². The van der Waals surface area contributed by atoms with Crippen LogP contribution in [0.25, 0.3) is 0 Å². The van der Waals surface area contributed by atoms with Gasteiger partial charge in [-0.15, -0.1) is 0 Å². The lowest BCUT2D eigenvalue weighted by atomic mass is 9.92. The van der Waals surface area contributed by atoms with Crippen LogP contribution in [0.5, 0.6) is 0 Å². The predicted octanol–water partition coefficient (Wildman–Crippen LogP) is 1.08. The molecule has 0 spiro atoms. The summed E-state index contributed by atoms with van der Waals surface area (Å²) in [5.74, 6) is 1.57. The molecule has 2 aliphatic rings. The number of piperidine rings is 1. The van der Waals surface area contributed by atoms with Crippen LogP contribution in [0.2, 0.25) is 0 Å². The van der Waals surface area contributed by atoms with Crippen LogP contribution in [-0.2, 0) is 0 Å². The first kappa shape index (κ1) is 12.3. The molecule has 1 saturated carbocycles. The summed E-state index contributed by atoms with van der Waals surface area (Å²) >= 11 is 0. The minimum atomic E-state index is -0.196. The Morgan fingerprint density at radius 3 is 2.44 bits per heavy atom. The van der Waals surface area contributed by atoms with Crippen molar-refractivity contribution in [2.24, 2.45) is 11.8 Å². The molecule has 1 aliphatic heterocycles. The summed E-state index contributed by atoms with van der Waals surface area (Å²) in [6.07, 6.45) is 3.74. The van der Waals surface area contributed by atoms with Crippen LogP contribution in [0.3, 0.4) is 0 Å². The number of likely N-dealkylation sites (tertiary alicyclic amines) is 1. The van der Waals surface area contributed by atoms with E-state index in [0.29, 0.717) is 6.04 Å². The van der Waals surface area contributed by atoms with E-state index in [1.54, 1.807) is 0 Å². The largest absolute Gasteiger partial charge is 0.390 e. The number of aliphatic hydroxyl groups is 1. The number of hydrogen-bond donors (Lipinski definition) is 2. The van der Waals surface area contributed by atoms with Crippen molar-refractivity contribution in [2.75, 3.05) is 26.2 Å². The van der Waals surface area contributed by atoms with E-state index in [0.717, 1.165) is 38.0 Å². The quantitative estimate of drug-likeness (QED) is 0.736. The van der Waals surface area contributed by atoms with Crippen LogP contribution >= 0.6 is 0 Å². The number of nitrogens with one attached hydrogen (secondary N) is 1. The highest BCUT2D eigenvalue weighted by Gasteiger charge is 2.25. The van der Waals surface area contributed by atoms with E-state index < -0.39 is 0 Å². The van der Waals surface area contributed by atoms with Gasteiger partial charge in [-0.3, -0.25) is 0 Å². The van der Waals surface area contributed by atoms with Crippen LogP contribution in [0.15, 0.2) is 0 Å². The molecule has 0 aromatic rings. The van der Waals surface area contributed by atoms with E-state index in [9.17, 15) is 5.11 Å². The molecule has 0 aromatic carbocycles. The maximum atomic E-state index is 9.95. The summed E-state index contributed by atoms with van der Waals surface area (Å²) in [6.45, 7) is 8.56. The summed E-state index contributed by atoms with van der Waals surface area (Å²) < 4.78 is 0. The molecule has 0 bridgehead atoms. The average molecular weight is 226 g/mol. The van der Waals surface area contributed by atoms with E-state index in [2.05, 4.69) is 24.1 Å². The van der Waals surface area contributed by atoms with Gasteiger partial charge in [0.15, 0.2) is 0 Å². The lowest BCUT2D eigenvalue weighted by molar-refractivity contribution is 0.0698. The van der Waals surface area contributed by atoms with Crippen molar-refractivity contribution >= 4 is 0 Å². The zero-order chi connectivity index (χ0) is 11.5. The number of rotatable bonds is 5. The van der Waals surface area contributed by atoms with Gasteiger partial charge in [-0.25, -0.2) is 0 Å². The summed E-state index contributed by atoms with van der Waals surface area (Å²) in [4.78, 5) is 2.43. The molecule has 0 unspecified atom stereocenters. The molecule has 3 nitrogen and oxygen atoms in total. The van der Waals surface area contributed by atoms with Gasteiger partial charge in [0.2, 0.25) is 0 Å². The second kappa shape index (κ2) is 5.48. The number of β-amino-alcohol motifs (C(OH)–C–C–N with tert-alkyl or cyclic N) is 1. The van der Waals surface area contributed by atoms with Crippen LogP contribution in [0.4, 0.5) is 0 Å². The van der Waals surface area contributed by atoms with Crippen LogP contribution < -0.4 is 5.32 Å². The van der Waals surface area contributed by atoms with Crippen molar-refractivity contribution in [1.82, 2.24) is 10.2 Å². The summed E-state index contributed by atoms with van der Waals surface area (Å²) in [7, 11) is 0.